The van der Waals surface area contributed by atoms with Crippen LogP contribution in [0.1, 0.15) is 76.8 Å². The number of piperazine rings is 1. The molecule has 1 fully saturated rings. The van der Waals surface area contributed by atoms with Crippen LogP contribution in [0.4, 0.5) is 20.8 Å². The van der Waals surface area contributed by atoms with Crippen molar-refractivity contribution in [2.45, 2.75) is 92.1 Å². The van der Waals surface area contributed by atoms with Gasteiger partial charge in [0.05, 0.1) is 43.1 Å². The normalized spacial score (nSPS) is 15.9. The molecule has 1 saturated heterocycles. The molecular formula is C43H51ClFN7O5. The highest BCUT2D eigenvalue weighted by Crippen LogP contribution is 2.35. The number of nitrogens with zero attached hydrogens (tertiary/aromatic N) is 7. The maximum absolute atomic E-state index is 15.4. The highest BCUT2D eigenvalue weighted by atomic mass is 35.5. The van der Waals surface area contributed by atoms with Crippen LogP contribution in [0.2, 0.25) is 5.15 Å². The van der Waals surface area contributed by atoms with Gasteiger partial charge in [-0.05, 0) is 101 Å². The van der Waals surface area contributed by atoms with Gasteiger partial charge in [-0.15, -0.1) is 0 Å². The van der Waals surface area contributed by atoms with Gasteiger partial charge in [0.2, 0.25) is 0 Å². The molecule has 14 heteroatoms. The second-order valence-electron chi connectivity index (χ2n) is 15.9. The van der Waals surface area contributed by atoms with E-state index in [9.17, 15) is 9.59 Å². The van der Waals surface area contributed by atoms with Crippen molar-refractivity contribution in [1.29, 1.82) is 0 Å². The fraction of sp³-hybridized carbons (Fsp3) is 0.419. The van der Waals surface area contributed by atoms with Crippen LogP contribution in [0.25, 0.3) is 16.7 Å². The van der Waals surface area contributed by atoms with E-state index in [1.165, 1.54) is 10.6 Å². The second kappa shape index (κ2) is 16.6. The molecule has 2 aromatic carbocycles. The lowest BCUT2D eigenvalue weighted by atomic mass is 10.0. The molecule has 0 spiro atoms. The Morgan fingerprint density at radius 2 is 1.46 bits per heavy atom. The van der Waals surface area contributed by atoms with Gasteiger partial charge in [0.1, 0.15) is 28.7 Å². The van der Waals surface area contributed by atoms with Crippen LogP contribution in [-0.2, 0) is 17.8 Å². The number of ether oxygens (including phenoxy) is 3. The molecule has 0 unspecified atom stereocenters. The lowest BCUT2D eigenvalue weighted by molar-refractivity contribution is 0.00561. The number of hydrogen-bond donors (Lipinski definition) is 0. The molecule has 0 aliphatic carbocycles. The average molecular weight is 800 g/mol. The first kappa shape index (κ1) is 41.2. The molecule has 2 atom stereocenters. The van der Waals surface area contributed by atoms with E-state index in [1.807, 2.05) is 115 Å². The van der Waals surface area contributed by atoms with E-state index in [2.05, 4.69) is 14.9 Å². The van der Waals surface area contributed by atoms with Gasteiger partial charge in [-0.1, -0.05) is 49.7 Å². The van der Waals surface area contributed by atoms with Gasteiger partial charge in [-0.2, -0.15) is 4.98 Å². The van der Waals surface area contributed by atoms with E-state index in [4.69, 9.17) is 30.8 Å². The summed E-state index contributed by atoms with van der Waals surface area (Å²) in [5.41, 5.74) is 2.86. The fourth-order valence-corrected chi connectivity index (χ4v) is 7.48. The van der Waals surface area contributed by atoms with Crippen LogP contribution in [0.3, 0.4) is 0 Å². The third kappa shape index (κ3) is 8.93. The Labute approximate surface area is 338 Å². The van der Waals surface area contributed by atoms with Gasteiger partial charge in [0.25, 0.3) is 0 Å². The van der Waals surface area contributed by atoms with Crippen LogP contribution in [0.15, 0.2) is 65.5 Å². The molecule has 0 N–H and O–H groups in total. The Morgan fingerprint density at radius 3 is 1.95 bits per heavy atom. The Bertz CT molecular complexity index is 2250. The molecule has 3 aromatic heterocycles. The van der Waals surface area contributed by atoms with Crippen LogP contribution >= 0.6 is 11.6 Å². The van der Waals surface area contributed by atoms with Crippen molar-refractivity contribution in [3.05, 3.63) is 105 Å². The van der Waals surface area contributed by atoms with E-state index in [0.29, 0.717) is 48.8 Å². The minimum atomic E-state index is -0.743. The summed E-state index contributed by atoms with van der Waals surface area (Å²) in [4.78, 5) is 47.7. The number of halogens is 2. The van der Waals surface area contributed by atoms with E-state index in [0.717, 1.165) is 28.2 Å². The molecule has 5 aromatic rings. The van der Waals surface area contributed by atoms with Gasteiger partial charge in [-0.25, -0.2) is 28.5 Å². The number of methoxy groups -OCH3 is 2. The van der Waals surface area contributed by atoms with Gasteiger partial charge in [0, 0.05) is 26.2 Å². The molecular weight excluding hydrogens is 749 g/mol. The molecule has 0 radical (unpaired) electrons. The van der Waals surface area contributed by atoms with Gasteiger partial charge < -0.3 is 24.0 Å². The lowest BCUT2D eigenvalue weighted by Crippen LogP contribution is -2.59. The Balaban J connectivity index is 1.46. The van der Waals surface area contributed by atoms with Crippen molar-refractivity contribution in [3.8, 4) is 17.2 Å². The van der Waals surface area contributed by atoms with Crippen LogP contribution in [0, 0.1) is 12.7 Å². The summed E-state index contributed by atoms with van der Waals surface area (Å²) in [6, 6.07) is 18.4. The number of rotatable bonds is 10. The molecule has 1 aliphatic rings. The highest BCUT2D eigenvalue weighted by molar-refractivity contribution is 6.30. The molecule has 4 heterocycles. The van der Waals surface area contributed by atoms with Gasteiger partial charge in [-0.3, -0.25) is 4.90 Å². The maximum atomic E-state index is 15.4. The molecule has 12 nitrogen and oxygen atoms in total. The summed E-state index contributed by atoms with van der Waals surface area (Å²) in [5, 5.41) is -0.0665. The number of anilines is 2. The molecule has 0 bridgehead atoms. The Morgan fingerprint density at radius 1 is 0.912 bits per heavy atom. The predicted octanol–water partition coefficient (Wildman–Crippen LogP) is 8.46. The zero-order valence-corrected chi connectivity index (χ0v) is 35.0. The Kier molecular flexibility index (Phi) is 12.0. The smallest absolute Gasteiger partial charge is 0.410 e. The summed E-state index contributed by atoms with van der Waals surface area (Å²) in [6.45, 7) is 16.9. The van der Waals surface area contributed by atoms with Crippen molar-refractivity contribution in [3.63, 3.8) is 0 Å². The van der Waals surface area contributed by atoms with E-state index >= 15 is 4.39 Å². The number of hydrogen-bond acceptors (Lipinski definition) is 10. The predicted molar refractivity (Wildman–Crippen MR) is 222 cm³/mol. The van der Waals surface area contributed by atoms with Crippen LogP contribution < -0.4 is 25.0 Å². The topological polar surface area (TPSA) is 115 Å². The third-order valence-electron chi connectivity index (χ3n) is 9.94. The minimum absolute atomic E-state index is 0.150. The molecule has 1 aliphatic heterocycles. The summed E-state index contributed by atoms with van der Waals surface area (Å²) in [7, 11) is 3.28. The second-order valence-corrected chi connectivity index (χ2v) is 16.3. The van der Waals surface area contributed by atoms with E-state index in [-0.39, 0.29) is 34.6 Å². The maximum Gasteiger partial charge on any atom is 0.410 e. The number of aromatic nitrogens is 4. The zero-order chi connectivity index (χ0) is 41.3. The number of benzene rings is 2. The number of aryl methyl sites for hydroxylation is 1. The average Bonchev–Trinajstić information content (AvgIpc) is 3.14. The molecule has 57 heavy (non-hydrogen) atoms. The quantitative estimate of drug-likeness (QED) is 0.128. The lowest BCUT2D eigenvalue weighted by Gasteiger charge is -2.45. The standard InChI is InChI=1S/C43H51ClFN7O5/c1-25(2)36-37(26(3)19-35(46-36)49(23-29-11-15-31(55-9)16-12-29)24-30-13-17-32(56-10)18-14-30)52-40-33(20-34(45)38(44)47-40)39(48-41(52)53)50-21-27(4)51(28(5)22-50)42(54)57-43(6,7)8/h11-20,25,27-28H,21-24H2,1-10H3/t27-,28+. The van der Waals surface area contributed by atoms with Gasteiger partial charge >= 0.3 is 11.8 Å². The molecule has 1 amide bonds. The third-order valence-corrected chi connectivity index (χ3v) is 10.2. The number of carbonyl (C=O) groups is 1. The first-order valence-electron chi connectivity index (χ1n) is 19.1. The Hall–Kier alpha value is -5.43. The number of amides is 1. The fourth-order valence-electron chi connectivity index (χ4n) is 7.35. The minimum Gasteiger partial charge on any atom is -0.497 e. The summed E-state index contributed by atoms with van der Waals surface area (Å²) in [5.74, 6) is 1.60. The van der Waals surface area contributed by atoms with Crippen LogP contribution in [-0.4, -0.2) is 75.5 Å². The van der Waals surface area contributed by atoms with Crippen molar-refractivity contribution in [2.75, 3.05) is 37.1 Å². The van der Waals surface area contributed by atoms with Gasteiger partial charge in [0.15, 0.2) is 16.6 Å². The van der Waals surface area contributed by atoms with E-state index in [1.54, 1.807) is 19.1 Å². The largest absolute Gasteiger partial charge is 0.497 e. The van der Waals surface area contributed by atoms with E-state index < -0.39 is 23.2 Å². The molecule has 6 rings (SSSR count). The molecule has 0 saturated carbocycles. The van der Waals surface area contributed by atoms with Crippen molar-refractivity contribution >= 4 is 40.4 Å². The highest BCUT2D eigenvalue weighted by Gasteiger charge is 2.37. The first-order valence-corrected chi connectivity index (χ1v) is 19.4. The number of pyridine rings is 2. The summed E-state index contributed by atoms with van der Waals surface area (Å²) in [6.07, 6.45) is -0.422. The summed E-state index contributed by atoms with van der Waals surface area (Å²) < 4.78 is 33.2. The van der Waals surface area contributed by atoms with Crippen molar-refractivity contribution in [1.82, 2.24) is 24.4 Å². The number of carbonyl (C=O) groups excluding carboxylic acids is 1. The van der Waals surface area contributed by atoms with Crippen molar-refractivity contribution < 1.29 is 23.4 Å². The summed E-state index contributed by atoms with van der Waals surface area (Å²) >= 11 is 6.36. The molecule has 302 valence electrons. The first-order chi connectivity index (χ1) is 27.0. The van der Waals surface area contributed by atoms with Crippen LogP contribution in [0.5, 0.6) is 11.5 Å². The zero-order valence-electron chi connectivity index (χ0n) is 34.3. The monoisotopic (exact) mass is 799 g/mol. The van der Waals surface area contributed by atoms with Crippen molar-refractivity contribution in [2.24, 2.45) is 0 Å². The SMILES string of the molecule is COc1ccc(CN(Cc2ccc(OC)cc2)c2cc(C)c(-n3c(=O)nc(N4C[C@@H](C)N(C(=O)OC(C)(C)C)[C@@H](C)C4)c4cc(F)c(Cl)nc43)c(C(C)C)n2)cc1. The number of fused-ring (bicyclic) bond motifs is 1.